The Labute approximate surface area is 229 Å². The first kappa shape index (κ1) is 29.2. The topological polar surface area (TPSA) is 103 Å². The van der Waals surface area contributed by atoms with Gasteiger partial charge in [0, 0.05) is 24.8 Å². The maximum atomic E-state index is 13.4. The molecule has 7 nitrogen and oxygen atoms in total. The molecular formula is C28H26F4N4O3S. The third-order valence-corrected chi connectivity index (χ3v) is 8.63. The van der Waals surface area contributed by atoms with Crippen LogP contribution in [0.2, 0.25) is 0 Å². The number of aromatic nitrogens is 1. The van der Waals surface area contributed by atoms with Crippen LogP contribution in [0.1, 0.15) is 43.0 Å². The van der Waals surface area contributed by atoms with Gasteiger partial charge in [0.15, 0.2) is 0 Å². The Bertz CT molecular complexity index is 1520. The van der Waals surface area contributed by atoms with Crippen molar-refractivity contribution >= 4 is 15.9 Å². The van der Waals surface area contributed by atoms with Crippen molar-refractivity contribution in [2.45, 2.75) is 49.8 Å². The quantitative estimate of drug-likeness (QED) is 0.369. The molecule has 210 valence electrons. The summed E-state index contributed by atoms with van der Waals surface area (Å²) in [5.74, 6) is -1.13. The van der Waals surface area contributed by atoms with Gasteiger partial charge in [0.05, 0.1) is 16.5 Å². The standard InChI is InChI=1S/C28H26F4N4O3S/c1-2-3-18-13-25(36(17-18)40(38,39)24-7-5-23(29)6-8-24)27(37)35-15-20-10-19(14-33)11-22(12-20)21-4-9-26(34-16-21)28(30,31)32/h4-12,16,18,25H,2-3,13,15,17H2,1H3,(H,35,37). The molecule has 2 unspecified atom stereocenters. The number of hydrogen-bond acceptors (Lipinski definition) is 5. The van der Waals surface area contributed by atoms with Gasteiger partial charge in [-0.05, 0) is 78.4 Å². The molecule has 1 N–H and O–H groups in total. The van der Waals surface area contributed by atoms with Crippen molar-refractivity contribution in [1.29, 1.82) is 5.26 Å². The highest BCUT2D eigenvalue weighted by Gasteiger charge is 2.43. The van der Waals surface area contributed by atoms with Gasteiger partial charge in [0.2, 0.25) is 15.9 Å². The van der Waals surface area contributed by atoms with E-state index >= 15 is 0 Å². The van der Waals surface area contributed by atoms with Crippen LogP contribution in [0, 0.1) is 23.1 Å². The van der Waals surface area contributed by atoms with E-state index < -0.39 is 39.7 Å². The van der Waals surface area contributed by atoms with Crippen molar-refractivity contribution in [2.24, 2.45) is 5.92 Å². The number of nitriles is 1. The molecule has 0 spiro atoms. The number of alkyl halides is 3. The summed E-state index contributed by atoms with van der Waals surface area (Å²) in [6.45, 7) is 2.08. The lowest BCUT2D eigenvalue weighted by Gasteiger charge is -2.23. The SMILES string of the molecule is CCCC1CC(C(=O)NCc2cc(C#N)cc(-c3ccc(C(F)(F)F)nc3)c2)N(S(=O)(=O)c2ccc(F)cc2)C1. The summed E-state index contributed by atoms with van der Waals surface area (Å²) < 4.78 is 79.9. The number of rotatable bonds is 8. The maximum absolute atomic E-state index is 13.4. The number of nitrogens with one attached hydrogen (secondary N) is 1. The van der Waals surface area contributed by atoms with E-state index in [1.165, 1.54) is 18.2 Å². The van der Waals surface area contributed by atoms with E-state index in [4.69, 9.17) is 0 Å². The lowest BCUT2D eigenvalue weighted by Crippen LogP contribution is -2.45. The second kappa shape index (κ2) is 11.7. The predicted molar refractivity (Wildman–Crippen MR) is 138 cm³/mol. The third kappa shape index (κ3) is 6.48. The molecule has 4 rings (SSSR count). The predicted octanol–water partition coefficient (Wildman–Crippen LogP) is 5.27. The second-order valence-corrected chi connectivity index (χ2v) is 11.5. The van der Waals surface area contributed by atoms with E-state index in [1.54, 1.807) is 6.07 Å². The number of carbonyl (C=O) groups excluding carboxylic acids is 1. The van der Waals surface area contributed by atoms with Crippen LogP contribution in [0.5, 0.6) is 0 Å². The molecule has 3 aromatic rings. The molecule has 1 fully saturated rings. The van der Waals surface area contributed by atoms with Crippen molar-refractivity contribution in [3.63, 3.8) is 0 Å². The van der Waals surface area contributed by atoms with Crippen molar-refractivity contribution in [3.05, 3.63) is 83.4 Å². The zero-order valence-corrected chi connectivity index (χ0v) is 22.3. The van der Waals surface area contributed by atoms with Gasteiger partial charge in [-0.3, -0.25) is 9.78 Å². The van der Waals surface area contributed by atoms with Gasteiger partial charge in [-0.15, -0.1) is 0 Å². The summed E-state index contributed by atoms with van der Waals surface area (Å²) in [5, 5.41) is 12.2. The molecule has 1 aliphatic heterocycles. The van der Waals surface area contributed by atoms with Crippen molar-refractivity contribution < 1.29 is 30.8 Å². The average molecular weight is 575 g/mol. The summed E-state index contributed by atoms with van der Waals surface area (Å²) in [6, 6.07) is 12.2. The molecule has 0 saturated carbocycles. The minimum Gasteiger partial charge on any atom is -0.351 e. The van der Waals surface area contributed by atoms with Crippen LogP contribution in [-0.2, 0) is 27.5 Å². The Hall–Kier alpha value is -3.82. The molecule has 2 atom stereocenters. The lowest BCUT2D eigenvalue weighted by atomic mass is 9.99. The summed E-state index contributed by atoms with van der Waals surface area (Å²) in [7, 11) is -4.08. The molecule has 12 heteroatoms. The Morgan fingerprint density at radius 3 is 2.45 bits per heavy atom. The average Bonchev–Trinajstić information content (AvgIpc) is 3.36. The van der Waals surface area contributed by atoms with E-state index in [0.717, 1.165) is 53.7 Å². The first-order chi connectivity index (χ1) is 18.9. The van der Waals surface area contributed by atoms with Crippen molar-refractivity contribution in [2.75, 3.05) is 6.54 Å². The molecule has 2 heterocycles. The first-order valence-electron chi connectivity index (χ1n) is 12.5. The third-order valence-electron chi connectivity index (χ3n) is 6.74. The van der Waals surface area contributed by atoms with Crippen LogP contribution in [0.4, 0.5) is 17.6 Å². The molecule has 2 aromatic carbocycles. The van der Waals surface area contributed by atoms with E-state index in [0.29, 0.717) is 23.1 Å². The number of amides is 1. The highest BCUT2D eigenvalue weighted by molar-refractivity contribution is 7.89. The highest BCUT2D eigenvalue weighted by Crippen LogP contribution is 2.33. The van der Waals surface area contributed by atoms with Gasteiger partial charge in [0.1, 0.15) is 17.6 Å². The Morgan fingerprint density at radius 1 is 1.12 bits per heavy atom. The van der Waals surface area contributed by atoms with Crippen LogP contribution in [0.25, 0.3) is 11.1 Å². The highest BCUT2D eigenvalue weighted by atomic mass is 32.2. The molecule has 0 bridgehead atoms. The van der Waals surface area contributed by atoms with Crippen molar-refractivity contribution in [1.82, 2.24) is 14.6 Å². The van der Waals surface area contributed by atoms with Gasteiger partial charge in [-0.25, -0.2) is 12.8 Å². The largest absolute Gasteiger partial charge is 0.433 e. The van der Waals surface area contributed by atoms with Crippen LogP contribution < -0.4 is 5.32 Å². The minimum atomic E-state index is -4.59. The van der Waals surface area contributed by atoms with Gasteiger partial charge >= 0.3 is 6.18 Å². The van der Waals surface area contributed by atoms with E-state index in [2.05, 4.69) is 10.3 Å². The maximum Gasteiger partial charge on any atom is 0.433 e. The number of sulfonamides is 1. The fraction of sp³-hybridized carbons (Fsp3) is 0.321. The van der Waals surface area contributed by atoms with E-state index in [1.807, 2.05) is 13.0 Å². The molecule has 1 saturated heterocycles. The molecule has 1 amide bonds. The molecule has 40 heavy (non-hydrogen) atoms. The molecule has 1 aromatic heterocycles. The molecule has 1 aliphatic rings. The number of halogens is 4. The summed E-state index contributed by atoms with van der Waals surface area (Å²) >= 11 is 0. The smallest absolute Gasteiger partial charge is 0.351 e. The van der Waals surface area contributed by atoms with Gasteiger partial charge < -0.3 is 5.32 Å². The summed E-state index contributed by atoms with van der Waals surface area (Å²) in [5.41, 5.74) is 0.476. The fourth-order valence-corrected chi connectivity index (χ4v) is 6.49. The molecule has 0 aliphatic carbocycles. The monoisotopic (exact) mass is 574 g/mol. The Morgan fingerprint density at radius 2 is 1.85 bits per heavy atom. The van der Waals surface area contributed by atoms with Crippen LogP contribution in [0.15, 0.2) is 65.7 Å². The Balaban J connectivity index is 1.55. The fourth-order valence-electron chi connectivity index (χ4n) is 4.82. The zero-order valence-electron chi connectivity index (χ0n) is 21.5. The number of hydrogen-bond donors (Lipinski definition) is 1. The number of carbonyl (C=O) groups is 1. The van der Waals surface area contributed by atoms with Crippen LogP contribution in [-0.4, -0.2) is 36.2 Å². The minimum absolute atomic E-state index is 0.0309. The lowest BCUT2D eigenvalue weighted by molar-refractivity contribution is -0.141. The zero-order chi connectivity index (χ0) is 29.1. The first-order valence-corrected chi connectivity index (χ1v) is 14.0. The second-order valence-electron chi connectivity index (χ2n) is 9.61. The molecular weight excluding hydrogens is 548 g/mol. The van der Waals surface area contributed by atoms with Crippen molar-refractivity contribution in [3.8, 4) is 17.2 Å². The molecule has 0 radical (unpaired) electrons. The Kier molecular flexibility index (Phi) is 8.56. The van der Waals surface area contributed by atoms with Crippen LogP contribution >= 0.6 is 0 Å². The number of nitrogens with zero attached hydrogens (tertiary/aromatic N) is 3. The number of benzene rings is 2. The van der Waals surface area contributed by atoms with Gasteiger partial charge in [-0.1, -0.05) is 19.4 Å². The van der Waals surface area contributed by atoms with E-state index in [9.17, 15) is 36.0 Å². The summed E-state index contributed by atoms with van der Waals surface area (Å²) in [6.07, 6.45) is -1.66. The van der Waals surface area contributed by atoms with Crippen LogP contribution in [0.3, 0.4) is 0 Å². The normalized spacial score (nSPS) is 17.9. The number of pyridine rings is 1. The van der Waals surface area contributed by atoms with Gasteiger partial charge in [-0.2, -0.15) is 22.7 Å². The van der Waals surface area contributed by atoms with Gasteiger partial charge in [0.25, 0.3) is 0 Å². The van der Waals surface area contributed by atoms with E-state index in [-0.39, 0.29) is 29.5 Å². The summed E-state index contributed by atoms with van der Waals surface area (Å²) in [4.78, 5) is 16.6.